The molecule has 158 valence electrons. The number of amides is 2. The first kappa shape index (κ1) is 20.2. The summed E-state index contributed by atoms with van der Waals surface area (Å²) in [5.74, 6) is 3.17. The fourth-order valence-corrected chi connectivity index (χ4v) is 6.34. The van der Waals surface area contributed by atoms with Crippen molar-refractivity contribution in [3.63, 3.8) is 0 Å². The van der Waals surface area contributed by atoms with Crippen LogP contribution in [0.15, 0.2) is 18.2 Å². The van der Waals surface area contributed by atoms with Gasteiger partial charge in [0.1, 0.15) is 5.75 Å². The summed E-state index contributed by atoms with van der Waals surface area (Å²) in [6.07, 6.45) is 8.21. The Morgan fingerprint density at radius 2 is 1.62 bits per heavy atom. The molecule has 0 radical (unpaired) electrons. The lowest BCUT2D eigenvalue weighted by Gasteiger charge is -2.56. The van der Waals surface area contributed by atoms with Gasteiger partial charge in [-0.05, 0) is 91.7 Å². The van der Waals surface area contributed by atoms with E-state index < -0.39 is 0 Å². The number of benzene rings is 1. The third kappa shape index (κ3) is 4.59. The first-order chi connectivity index (χ1) is 13.8. The molecule has 4 bridgehead atoms. The Labute approximate surface area is 173 Å². The normalized spacial score (nSPS) is 29.7. The summed E-state index contributed by atoms with van der Waals surface area (Å²) in [6.45, 7) is 6.10. The Hall–Kier alpha value is -2.04. The van der Waals surface area contributed by atoms with E-state index in [1.807, 2.05) is 19.1 Å². The fraction of sp³-hybridized carbons (Fsp3) is 0.667. The summed E-state index contributed by atoms with van der Waals surface area (Å²) in [4.78, 5) is 24.7. The lowest BCUT2D eigenvalue weighted by atomic mass is 9.49. The number of rotatable bonds is 6. The quantitative estimate of drug-likeness (QED) is 0.704. The molecule has 5 heteroatoms. The molecule has 4 aliphatic rings. The van der Waals surface area contributed by atoms with Crippen LogP contribution in [-0.2, 0) is 9.59 Å². The lowest BCUT2D eigenvalue weighted by molar-refractivity contribution is -0.134. The predicted molar refractivity (Wildman–Crippen MR) is 112 cm³/mol. The number of hydrogen-bond donors (Lipinski definition) is 2. The number of ether oxygens (including phenoxy) is 1. The summed E-state index contributed by atoms with van der Waals surface area (Å²) >= 11 is 0. The second-order valence-corrected chi connectivity index (χ2v) is 10.2. The molecule has 1 aromatic carbocycles. The molecule has 2 N–H and O–H groups in total. The number of carbonyl (C=O) groups excluding carboxylic acids is 2. The first-order valence-corrected chi connectivity index (χ1v) is 11.1. The van der Waals surface area contributed by atoms with Crippen LogP contribution in [0.1, 0.15) is 75.8 Å². The van der Waals surface area contributed by atoms with E-state index in [9.17, 15) is 9.59 Å². The topological polar surface area (TPSA) is 67.4 Å². The molecule has 0 unspecified atom stereocenters. The van der Waals surface area contributed by atoms with Crippen molar-refractivity contribution in [2.45, 2.75) is 71.6 Å². The molecule has 2 amide bonds. The van der Waals surface area contributed by atoms with Gasteiger partial charge in [-0.1, -0.05) is 26.0 Å². The van der Waals surface area contributed by atoms with Crippen LogP contribution in [0.25, 0.3) is 0 Å². The van der Waals surface area contributed by atoms with Crippen molar-refractivity contribution in [1.82, 2.24) is 10.9 Å². The molecular weight excluding hydrogens is 364 g/mol. The summed E-state index contributed by atoms with van der Waals surface area (Å²) in [5, 5.41) is 0. The molecule has 5 rings (SSSR count). The van der Waals surface area contributed by atoms with Crippen molar-refractivity contribution in [3.8, 4) is 5.75 Å². The molecule has 0 atom stereocenters. The van der Waals surface area contributed by atoms with Crippen molar-refractivity contribution in [1.29, 1.82) is 0 Å². The Kier molecular flexibility index (Phi) is 5.58. The smallest absolute Gasteiger partial charge is 0.276 e. The second kappa shape index (κ2) is 8.00. The highest BCUT2D eigenvalue weighted by Crippen LogP contribution is 2.61. The van der Waals surface area contributed by atoms with Gasteiger partial charge in [0.05, 0.1) is 0 Å². The van der Waals surface area contributed by atoms with Crippen LogP contribution in [-0.4, -0.2) is 18.4 Å². The lowest BCUT2D eigenvalue weighted by Crippen LogP contribution is -2.50. The third-order valence-electron chi connectivity index (χ3n) is 7.28. The summed E-state index contributed by atoms with van der Waals surface area (Å²) in [7, 11) is 0. The first-order valence-electron chi connectivity index (χ1n) is 11.1. The molecule has 4 fully saturated rings. The van der Waals surface area contributed by atoms with Crippen LogP contribution in [0.3, 0.4) is 0 Å². The summed E-state index contributed by atoms with van der Waals surface area (Å²) in [6, 6.07) is 6.08. The maximum atomic E-state index is 12.5. The Morgan fingerprint density at radius 3 is 2.21 bits per heavy atom. The van der Waals surface area contributed by atoms with E-state index in [0.717, 1.165) is 23.3 Å². The van der Waals surface area contributed by atoms with E-state index in [4.69, 9.17) is 4.74 Å². The Bertz CT molecular complexity index is 751. The zero-order valence-electron chi connectivity index (χ0n) is 17.9. The van der Waals surface area contributed by atoms with E-state index in [1.165, 1.54) is 44.1 Å². The highest BCUT2D eigenvalue weighted by Gasteiger charge is 2.51. The molecule has 0 heterocycles. The van der Waals surface area contributed by atoms with E-state index in [-0.39, 0.29) is 23.8 Å². The van der Waals surface area contributed by atoms with Crippen LogP contribution >= 0.6 is 0 Å². The molecule has 0 aliphatic heterocycles. The number of hydrazine groups is 1. The Morgan fingerprint density at radius 1 is 1.03 bits per heavy atom. The second-order valence-electron chi connectivity index (χ2n) is 10.2. The zero-order valence-corrected chi connectivity index (χ0v) is 17.9. The molecule has 29 heavy (non-hydrogen) atoms. The van der Waals surface area contributed by atoms with Crippen LogP contribution < -0.4 is 15.6 Å². The minimum absolute atomic E-state index is 0.0710. The van der Waals surface area contributed by atoms with E-state index in [1.54, 1.807) is 0 Å². The molecule has 1 aromatic rings. The van der Waals surface area contributed by atoms with Gasteiger partial charge in [-0.15, -0.1) is 0 Å². The van der Waals surface area contributed by atoms with Crippen molar-refractivity contribution < 1.29 is 14.3 Å². The minimum Gasteiger partial charge on any atom is -0.483 e. The number of hydrogen-bond acceptors (Lipinski definition) is 3. The van der Waals surface area contributed by atoms with E-state index in [0.29, 0.717) is 18.1 Å². The largest absolute Gasteiger partial charge is 0.483 e. The highest BCUT2D eigenvalue weighted by molar-refractivity contribution is 5.83. The minimum atomic E-state index is -0.335. The SMILES string of the molecule is Cc1ccc(C(C)C)cc1OCC(=O)NNC(=O)CC12CC3CC(CC(C3)C1)C2. The molecule has 5 nitrogen and oxygen atoms in total. The van der Waals surface area contributed by atoms with Gasteiger partial charge in [-0.2, -0.15) is 0 Å². The van der Waals surface area contributed by atoms with Crippen LogP contribution in [0, 0.1) is 30.1 Å². The predicted octanol–water partition coefficient (Wildman–Crippen LogP) is 4.25. The van der Waals surface area contributed by atoms with Crippen LogP contribution in [0.2, 0.25) is 0 Å². The number of carbonyl (C=O) groups is 2. The Balaban J connectivity index is 1.24. The molecular formula is C24H34N2O3. The van der Waals surface area contributed by atoms with Gasteiger partial charge in [-0.25, -0.2) is 0 Å². The van der Waals surface area contributed by atoms with E-state index in [2.05, 4.69) is 30.8 Å². The van der Waals surface area contributed by atoms with Gasteiger partial charge in [0, 0.05) is 6.42 Å². The van der Waals surface area contributed by atoms with Crippen molar-refractivity contribution in [2.24, 2.45) is 23.2 Å². The van der Waals surface area contributed by atoms with Gasteiger partial charge >= 0.3 is 0 Å². The highest BCUT2D eigenvalue weighted by atomic mass is 16.5. The van der Waals surface area contributed by atoms with Crippen molar-refractivity contribution in [3.05, 3.63) is 29.3 Å². The van der Waals surface area contributed by atoms with Gasteiger partial charge in [-0.3, -0.25) is 20.4 Å². The van der Waals surface area contributed by atoms with Crippen molar-refractivity contribution >= 4 is 11.8 Å². The van der Waals surface area contributed by atoms with Gasteiger partial charge in [0.25, 0.3) is 5.91 Å². The maximum absolute atomic E-state index is 12.5. The fourth-order valence-electron chi connectivity index (χ4n) is 6.34. The number of nitrogens with one attached hydrogen (secondary N) is 2. The van der Waals surface area contributed by atoms with E-state index >= 15 is 0 Å². The standard InChI is InChI=1S/C24H34N2O3/c1-15(2)20-5-4-16(3)21(9-20)29-14-23(28)26-25-22(27)13-24-10-17-6-18(11-24)8-19(7-17)12-24/h4-5,9,15,17-19H,6-8,10-14H2,1-3H3,(H,25,27)(H,26,28). The van der Waals surface area contributed by atoms with Gasteiger partial charge in [0.2, 0.25) is 5.91 Å². The maximum Gasteiger partial charge on any atom is 0.276 e. The van der Waals surface area contributed by atoms with Crippen LogP contribution in [0.4, 0.5) is 0 Å². The molecule has 0 saturated heterocycles. The van der Waals surface area contributed by atoms with Gasteiger partial charge in [0.15, 0.2) is 6.61 Å². The molecule has 0 aromatic heterocycles. The van der Waals surface area contributed by atoms with Crippen LogP contribution in [0.5, 0.6) is 5.75 Å². The summed E-state index contributed by atoms with van der Waals surface area (Å²) < 4.78 is 5.69. The zero-order chi connectivity index (χ0) is 20.6. The molecule has 4 saturated carbocycles. The third-order valence-corrected chi connectivity index (χ3v) is 7.28. The summed E-state index contributed by atoms with van der Waals surface area (Å²) in [5.41, 5.74) is 7.49. The number of aryl methyl sites for hydroxylation is 1. The molecule has 4 aliphatic carbocycles. The molecule has 0 spiro atoms. The van der Waals surface area contributed by atoms with Gasteiger partial charge < -0.3 is 4.74 Å². The monoisotopic (exact) mass is 398 g/mol. The average molecular weight is 399 g/mol. The average Bonchev–Trinajstić information content (AvgIpc) is 2.64. The van der Waals surface area contributed by atoms with Crippen molar-refractivity contribution in [2.75, 3.05) is 6.61 Å².